The zero-order chi connectivity index (χ0) is 8.97. The Kier molecular flexibility index (Phi) is 3.30. The number of rotatable bonds is 3. The quantitative estimate of drug-likeness (QED) is 0.657. The van der Waals surface area contributed by atoms with Crippen LogP contribution in [0.5, 0.6) is 0 Å². The maximum atomic E-state index is 10.3. The predicted octanol–water partition coefficient (Wildman–Crippen LogP) is 3.03. The molecule has 0 unspecified atom stereocenters. The van der Waals surface area contributed by atoms with Crippen molar-refractivity contribution in [2.24, 2.45) is 0 Å². The Morgan fingerprint density at radius 1 is 1.50 bits per heavy atom. The molecule has 1 aromatic carbocycles. The highest BCUT2D eigenvalue weighted by molar-refractivity contribution is 6.31. The number of hydrogen-bond donors (Lipinski definition) is 0. The zero-order valence-corrected chi connectivity index (χ0v) is 7.71. The van der Waals surface area contributed by atoms with E-state index in [9.17, 15) is 4.79 Å². The topological polar surface area (TPSA) is 17.1 Å². The minimum atomic E-state index is 0.219. The van der Waals surface area contributed by atoms with Gasteiger partial charge >= 0.3 is 0 Å². The Morgan fingerprint density at radius 3 is 2.75 bits per heavy atom. The Labute approximate surface area is 77.4 Å². The largest absolute Gasteiger partial charge is 0.303 e. The second-order valence-corrected chi connectivity index (χ2v) is 3.23. The third-order valence-corrected chi connectivity index (χ3v) is 2.23. The van der Waals surface area contributed by atoms with Gasteiger partial charge in [0.1, 0.15) is 6.29 Å². The lowest BCUT2D eigenvalue weighted by atomic mass is 9.99. The Bertz CT molecular complexity index is 270. The summed E-state index contributed by atoms with van der Waals surface area (Å²) in [6, 6.07) is 7.62. The first kappa shape index (κ1) is 9.27. The van der Waals surface area contributed by atoms with Crippen molar-refractivity contribution in [1.82, 2.24) is 0 Å². The fraction of sp³-hybridized carbons (Fsp3) is 0.300. The fourth-order valence-corrected chi connectivity index (χ4v) is 1.47. The average molecular weight is 183 g/mol. The molecular formula is C10H11ClO. The molecule has 0 amide bonds. The molecule has 64 valence electrons. The molecule has 0 aliphatic carbocycles. The molecule has 0 radical (unpaired) electrons. The smallest absolute Gasteiger partial charge is 0.120 e. The van der Waals surface area contributed by atoms with Crippen LogP contribution in [0.2, 0.25) is 5.02 Å². The Hall–Kier alpha value is -0.820. The van der Waals surface area contributed by atoms with Crippen LogP contribution in [0, 0.1) is 0 Å². The van der Waals surface area contributed by atoms with Gasteiger partial charge in [-0.2, -0.15) is 0 Å². The highest BCUT2D eigenvalue weighted by Gasteiger charge is 2.07. The maximum Gasteiger partial charge on any atom is 0.120 e. The van der Waals surface area contributed by atoms with Crippen molar-refractivity contribution < 1.29 is 4.79 Å². The van der Waals surface area contributed by atoms with E-state index >= 15 is 0 Å². The standard InChI is InChI=1S/C10H11ClO/c1-8(6-7-12)9-4-2-3-5-10(9)11/h2-5,7-8H,6H2,1H3/t8-/m1/s1. The normalized spacial score (nSPS) is 12.5. The van der Waals surface area contributed by atoms with Gasteiger partial charge in [0.2, 0.25) is 0 Å². The second kappa shape index (κ2) is 4.27. The molecule has 1 atom stereocenters. The summed E-state index contributed by atoms with van der Waals surface area (Å²) in [7, 11) is 0. The molecule has 1 rings (SSSR count). The van der Waals surface area contributed by atoms with Crippen molar-refractivity contribution in [1.29, 1.82) is 0 Å². The van der Waals surface area contributed by atoms with E-state index in [-0.39, 0.29) is 5.92 Å². The molecule has 0 aromatic heterocycles. The summed E-state index contributed by atoms with van der Waals surface area (Å²) in [6.45, 7) is 2.00. The Balaban J connectivity index is 2.86. The summed E-state index contributed by atoms with van der Waals surface area (Å²) in [5.74, 6) is 0.219. The number of carbonyl (C=O) groups is 1. The number of halogens is 1. The summed E-state index contributed by atoms with van der Waals surface area (Å²) in [6.07, 6.45) is 1.46. The van der Waals surface area contributed by atoms with E-state index in [1.54, 1.807) is 0 Å². The van der Waals surface area contributed by atoms with Crippen LogP contribution >= 0.6 is 11.6 Å². The number of aldehydes is 1. The van der Waals surface area contributed by atoms with Gasteiger partial charge in [-0.25, -0.2) is 0 Å². The highest BCUT2D eigenvalue weighted by Crippen LogP contribution is 2.25. The third kappa shape index (κ3) is 2.08. The second-order valence-electron chi connectivity index (χ2n) is 2.82. The van der Waals surface area contributed by atoms with Gasteiger partial charge < -0.3 is 4.79 Å². The summed E-state index contributed by atoms with van der Waals surface area (Å²) in [5.41, 5.74) is 1.05. The fourth-order valence-electron chi connectivity index (χ4n) is 1.15. The van der Waals surface area contributed by atoms with Crippen LogP contribution in [0.4, 0.5) is 0 Å². The number of benzene rings is 1. The van der Waals surface area contributed by atoms with Crippen molar-refractivity contribution in [3.8, 4) is 0 Å². The minimum absolute atomic E-state index is 0.219. The Morgan fingerprint density at radius 2 is 2.17 bits per heavy atom. The van der Waals surface area contributed by atoms with Gasteiger partial charge in [-0.3, -0.25) is 0 Å². The molecule has 0 aliphatic heterocycles. The molecule has 0 bridgehead atoms. The van der Waals surface area contributed by atoms with Crippen LogP contribution < -0.4 is 0 Å². The number of carbonyl (C=O) groups excluding carboxylic acids is 1. The lowest BCUT2D eigenvalue weighted by Gasteiger charge is -2.09. The summed E-state index contributed by atoms with van der Waals surface area (Å²) >= 11 is 5.94. The van der Waals surface area contributed by atoms with Gasteiger partial charge in [-0.15, -0.1) is 0 Å². The first-order valence-corrected chi connectivity index (χ1v) is 4.31. The van der Waals surface area contributed by atoms with Crippen LogP contribution in [0.3, 0.4) is 0 Å². The van der Waals surface area contributed by atoms with Crippen molar-refractivity contribution in [3.63, 3.8) is 0 Å². The van der Waals surface area contributed by atoms with Gasteiger partial charge in [0, 0.05) is 11.4 Å². The van der Waals surface area contributed by atoms with Crippen LogP contribution in [-0.4, -0.2) is 6.29 Å². The lowest BCUT2D eigenvalue weighted by Crippen LogP contribution is -1.94. The molecule has 0 aliphatic rings. The van der Waals surface area contributed by atoms with E-state index in [1.165, 1.54) is 0 Å². The highest BCUT2D eigenvalue weighted by atomic mass is 35.5. The summed E-state index contributed by atoms with van der Waals surface area (Å²) in [5, 5.41) is 0.742. The number of hydrogen-bond acceptors (Lipinski definition) is 1. The van der Waals surface area contributed by atoms with Crippen LogP contribution in [0.1, 0.15) is 24.8 Å². The van der Waals surface area contributed by atoms with Crippen molar-refractivity contribution in [3.05, 3.63) is 34.9 Å². The molecule has 0 N–H and O–H groups in total. The predicted molar refractivity (Wildman–Crippen MR) is 50.5 cm³/mol. The molecule has 0 heterocycles. The van der Waals surface area contributed by atoms with Crippen LogP contribution in [0.15, 0.2) is 24.3 Å². The van der Waals surface area contributed by atoms with E-state index in [0.29, 0.717) is 6.42 Å². The minimum Gasteiger partial charge on any atom is -0.303 e. The van der Waals surface area contributed by atoms with E-state index in [2.05, 4.69) is 0 Å². The van der Waals surface area contributed by atoms with Crippen molar-refractivity contribution >= 4 is 17.9 Å². The molecule has 0 saturated heterocycles. The van der Waals surface area contributed by atoms with Gasteiger partial charge in [0.25, 0.3) is 0 Å². The molecular weight excluding hydrogens is 172 g/mol. The molecule has 0 fully saturated rings. The van der Waals surface area contributed by atoms with E-state index in [0.717, 1.165) is 16.9 Å². The maximum absolute atomic E-state index is 10.3. The van der Waals surface area contributed by atoms with Crippen molar-refractivity contribution in [2.75, 3.05) is 0 Å². The molecule has 1 nitrogen and oxygen atoms in total. The summed E-state index contributed by atoms with van der Waals surface area (Å²) in [4.78, 5) is 10.3. The zero-order valence-electron chi connectivity index (χ0n) is 6.96. The molecule has 2 heteroatoms. The van der Waals surface area contributed by atoms with Gasteiger partial charge in [-0.1, -0.05) is 36.7 Å². The third-order valence-electron chi connectivity index (χ3n) is 1.89. The molecule has 0 spiro atoms. The monoisotopic (exact) mass is 182 g/mol. The van der Waals surface area contributed by atoms with Gasteiger partial charge in [0.15, 0.2) is 0 Å². The summed E-state index contributed by atoms with van der Waals surface area (Å²) < 4.78 is 0. The van der Waals surface area contributed by atoms with Crippen LogP contribution in [-0.2, 0) is 4.79 Å². The van der Waals surface area contributed by atoms with E-state index < -0.39 is 0 Å². The van der Waals surface area contributed by atoms with E-state index in [4.69, 9.17) is 11.6 Å². The molecule has 1 aromatic rings. The van der Waals surface area contributed by atoms with E-state index in [1.807, 2.05) is 31.2 Å². The van der Waals surface area contributed by atoms with Gasteiger partial charge in [0.05, 0.1) is 0 Å². The van der Waals surface area contributed by atoms with Crippen molar-refractivity contribution in [2.45, 2.75) is 19.3 Å². The van der Waals surface area contributed by atoms with Crippen LogP contribution in [0.25, 0.3) is 0 Å². The average Bonchev–Trinajstić information content (AvgIpc) is 2.05. The first-order valence-electron chi connectivity index (χ1n) is 3.93. The van der Waals surface area contributed by atoms with Gasteiger partial charge in [-0.05, 0) is 17.5 Å². The lowest BCUT2D eigenvalue weighted by molar-refractivity contribution is -0.108. The molecule has 12 heavy (non-hydrogen) atoms. The SMILES string of the molecule is C[C@H](CC=O)c1ccccc1Cl. The first-order chi connectivity index (χ1) is 5.75. The molecule has 0 saturated carbocycles.